The highest BCUT2D eigenvalue weighted by Crippen LogP contribution is 2.28. The molecule has 2 saturated heterocycles. The van der Waals surface area contributed by atoms with Crippen LogP contribution >= 0.6 is 0 Å². The van der Waals surface area contributed by atoms with Crippen LogP contribution in [-0.2, 0) is 4.79 Å². The van der Waals surface area contributed by atoms with E-state index in [-0.39, 0.29) is 18.2 Å². The third kappa shape index (κ3) is 4.41. The number of hydrogen-bond donors (Lipinski definition) is 2. The van der Waals surface area contributed by atoms with Crippen LogP contribution in [0.1, 0.15) is 29.8 Å². The van der Waals surface area contributed by atoms with Crippen LogP contribution in [0.4, 0.5) is 0 Å². The second-order valence-corrected chi connectivity index (χ2v) is 7.22. The van der Waals surface area contributed by atoms with E-state index in [0.717, 1.165) is 39.1 Å². The zero-order valence-corrected chi connectivity index (χ0v) is 14.9. The molecule has 0 bridgehead atoms. The summed E-state index contributed by atoms with van der Waals surface area (Å²) in [6, 6.07) is 3.99. The van der Waals surface area contributed by atoms with Gasteiger partial charge in [-0.2, -0.15) is 0 Å². The van der Waals surface area contributed by atoms with Crippen molar-refractivity contribution < 1.29 is 14.7 Å². The van der Waals surface area contributed by atoms with Gasteiger partial charge in [0.15, 0.2) is 0 Å². The van der Waals surface area contributed by atoms with Crippen molar-refractivity contribution in [1.82, 2.24) is 19.7 Å². The lowest BCUT2D eigenvalue weighted by atomic mass is 9.86. The molecule has 3 heterocycles. The van der Waals surface area contributed by atoms with Gasteiger partial charge in [-0.25, -0.2) is 0 Å². The summed E-state index contributed by atoms with van der Waals surface area (Å²) in [5, 5.41) is 9.09. The van der Waals surface area contributed by atoms with Gasteiger partial charge < -0.3 is 19.9 Å². The van der Waals surface area contributed by atoms with Gasteiger partial charge in [-0.15, -0.1) is 0 Å². The molecule has 0 saturated carbocycles. The molecule has 7 nitrogen and oxygen atoms in total. The normalized spacial score (nSPS) is 25.9. The van der Waals surface area contributed by atoms with Gasteiger partial charge in [0.05, 0.1) is 0 Å². The number of piperidine rings is 1. The Morgan fingerprint density at radius 2 is 2.00 bits per heavy atom. The maximum Gasteiger partial charge on any atom is 0.303 e. The summed E-state index contributed by atoms with van der Waals surface area (Å²) in [4.78, 5) is 33.4. The minimum atomic E-state index is -0.759. The van der Waals surface area contributed by atoms with E-state index in [9.17, 15) is 9.59 Å². The first-order chi connectivity index (χ1) is 12.0. The SMILES string of the molecule is CN1CCN(C2CCN(C(=O)c3ccc[nH]3)CC2CCC(=O)O)CC1. The monoisotopic (exact) mass is 348 g/mol. The van der Waals surface area contributed by atoms with Crippen molar-refractivity contribution in [3.63, 3.8) is 0 Å². The van der Waals surface area contributed by atoms with E-state index < -0.39 is 5.97 Å². The number of nitrogens with one attached hydrogen (secondary N) is 1. The third-order valence-corrected chi connectivity index (χ3v) is 5.55. The second-order valence-electron chi connectivity index (χ2n) is 7.22. The number of carboxylic acids is 1. The van der Waals surface area contributed by atoms with Crippen molar-refractivity contribution in [3.05, 3.63) is 24.0 Å². The maximum atomic E-state index is 12.6. The first kappa shape index (κ1) is 17.9. The number of likely N-dealkylation sites (N-methyl/N-ethyl adjacent to an activating group) is 1. The lowest BCUT2D eigenvalue weighted by molar-refractivity contribution is -0.137. The van der Waals surface area contributed by atoms with E-state index in [1.54, 1.807) is 12.3 Å². The number of amides is 1. The molecule has 138 valence electrons. The molecule has 1 aromatic rings. The van der Waals surface area contributed by atoms with Crippen molar-refractivity contribution in [2.45, 2.75) is 25.3 Å². The first-order valence-corrected chi connectivity index (χ1v) is 9.11. The molecule has 2 aliphatic heterocycles. The van der Waals surface area contributed by atoms with Crippen LogP contribution < -0.4 is 0 Å². The zero-order chi connectivity index (χ0) is 17.8. The fraction of sp³-hybridized carbons (Fsp3) is 0.667. The Morgan fingerprint density at radius 3 is 2.64 bits per heavy atom. The van der Waals surface area contributed by atoms with Gasteiger partial charge in [-0.1, -0.05) is 0 Å². The predicted octanol–water partition coefficient (Wildman–Crippen LogP) is 0.958. The number of aromatic nitrogens is 1. The fourth-order valence-corrected chi connectivity index (χ4v) is 4.06. The van der Waals surface area contributed by atoms with E-state index >= 15 is 0 Å². The van der Waals surface area contributed by atoms with Gasteiger partial charge in [0.25, 0.3) is 5.91 Å². The van der Waals surface area contributed by atoms with E-state index in [2.05, 4.69) is 21.8 Å². The van der Waals surface area contributed by atoms with Gasteiger partial charge in [0.1, 0.15) is 5.69 Å². The predicted molar refractivity (Wildman–Crippen MR) is 94.5 cm³/mol. The first-order valence-electron chi connectivity index (χ1n) is 9.11. The molecule has 1 amide bonds. The molecule has 2 atom stereocenters. The summed E-state index contributed by atoms with van der Waals surface area (Å²) in [6.45, 7) is 5.52. The Balaban J connectivity index is 1.67. The van der Waals surface area contributed by atoms with Crippen molar-refractivity contribution in [3.8, 4) is 0 Å². The van der Waals surface area contributed by atoms with Gasteiger partial charge in [-0.3, -0.25) is 14.5 Å². The molecule has 2 fully saturated rings. The molecule has 7 heteroatoms. The number of likely N-dealkylation sites (tertiary alicyclic amines) is 1. The number of carbonyl (C=O) groups excluding carboxylic acids is 1. The van der Waals surface area contributed by atoms with Crippen LogP contribution in [0.5, 0.6) is 0 Å². The van der Waals surface area contributed by atoms with Crippen molar-refractivity contribution in [2.24, 2.45) is 5.92 Å². The molecule has 25 heavy (non-hydrogen) atoms. The fourth-order valence-electron chi connectivity index (χ4n) is 4.06. The molecular weight excluding hydrogens is 320 g/mol. The molecule has 3 rings (SSSR count). The number of carboxylic acid groups (broad SMARTS) is 1. The number of nitrogens with zero attached hydrogens (tertiary/aromatic N) is 3. The Morgan fingerprint density at radius 1 is 1.24 bits per heavy atom. The average Bonchev–Trinajstić information content (AvgIpc) is 3.14. The molecule has 2 aliphatic rings. The topological polar surface area (TPSA) is 79.9 Å². The maximum absolute atomic E-state index is 12.6. The lowest BCUT2D eigenvalue weighted by Crippen LogP contribution is -2.57. The highest BCUT2D eigenvalue weighted by Gasteiger charge is 2.36. The molecule has 0 aromatic carbocycles. The molecule has 2 unspecified atom stereocenters. The number of aromatic amines is 1. The Labute approximate surface area is 148 Å². The number of hydrogen-bond acceptors (Lipinski definition) is 4. The highest BCUT2D eigenvalue weighted by molar-refractivity contribution is 5.92. The average molecular weight is 348 g/mol. The molecular formula is C18H28N4O3. The summed E-state index contributed by atoms with van der Waals surface area (Å²) in [7, 11) is 2.14. The van der Waals surface area contributed by atoms with Gasteiger partial charge in [0, 0.05) is 57.9 Å². The Kier molecular flexibility index (Phi) is 5.75. The smallest absolute Gasteiger partial charge is 0.303 e. The van der Waals surface area contributed by atoms with Crippen LogP contribution in [-0.4, -0.2) is 89.0 Å². The number of H-pyrrole nitrogens is 1. The second kappa shape index (κ2) is 8.01. The van der Waals surface area contributed by atoms with Crippen LogP contribution in [0.25, 0.3) is 0 Å². The van der Waals surface area contributed by atoms with Crippen molar-refractivity contribution in [2.75, 3.05) is 46.3 Å². The summed E-state index contributed by atoms with van der Waals surface area (Å²) in [6.07, 6.45) is 3.47. The molecule has 0 radical (unpaired) electrons. The lowest BCUT2D eigenvalue weighted by Gasteiger charge is -2.46. The van der Waals surface area contributed by atoms with Gasteiger partial charge >= 0.3 is 5.97 Å². The Hall–Kier alpha value is -1.86. The zero-order valence-electron chi connectivity index (χ0n) is 14.9. The number of rotatable bonds is 5. The van der Waals surface area contributed by atoms with Gasteiger partial charge in [-0.05, 0) is 37.9 Å². The molecule has 0 spiro atoms. The van der Waals surface area contributed by atoms with Crippen molar-refractivity contribution in [1.29, 1.82) is 0 Å². The van der Waals surface area contributed by atoms with Crippen LogP contribution in [0.3, 0.4) is 0 Å². The van der Waals surface area contributed by atoms with E-state index in [1.807, 2.05) is 11.0 Å². The Bertz CT molecular complexity index is 581. The molecule has 2 N–H and O–H groups in total. The van der Waals surface area contributed by atoms with Crippen LogP contribution in [0.15, 0.2) is 18.3 Å². The highest BCUT2D eigenvalue weighted by atomic mass is 16.4. The minimum Gasteiger partial charge on any atom is -0.481 e. The molecule has 0 aliphatic carbocycles. The van der Waals surface area contributed by atoms with Crippen LogP contribution in [0, 0.1) is 5.92 Å². The summed E-state index contributed by atoms with van der Waals surface area (Å²) in [5.41, 5.74) is 0.607. The largest absolute Gasteiger partial charge is 0.481 e. The third-order valence-electron chi connectivity index (χ3n) is 5.55. The van der Waals surface area contributed by atoms with E-state index in [0.29, 0.717) is 24.7 Å². The number of carbonyl (C=O) groups is 2. The van der Waals surface area contributed by atoms with Gasteiger partial charge in [0.2, 0.25) is 0 Å². The molecule has 1 aromatic heterocycles. The summed E-state index contributed by atoms with van der Waals surface area (Å²) >= 11 is 0. The van der Waals surface area contributed by atoms with Crippen LogP contribution in [0.2, 0.25) is 0 Å². The van der Waals surface area contributed by atoms with E-state index in [1.165, 1.54) is 0 Å². The standard InChI is InChI=1S/C18H28N4O3/c1-20-9-11-21(12-10-20)16-6-8-22(13-14(16)4-5-17(23)24)18(25)15-3-2-7-19-15/h2-3,7,14,16,19H,4-6,8-13H2,1H3,(H,23,24). The number of aliphatic carboxylic acids is 1. The summed E-state index contributed by atoms with van der Waals surface area (Å²) in [5.74, 6) is -0.528. The summed E-state index contributed by atoms with van der Waals surface area (Å²) < 4.78 is 0. The van der Waals surface area contributed by atoms with Crippen molar-refractivity contribution >= 4 is 11.9 Å². The quantitative estimate of drug-likeness (QED) is 0.828. The number of piperazine rings is 1. The minimum absolute atomic E-state index is 0.0159. The van der Waals surface area contributed by atoms with E-state index in [4.69, 9.17) is 5.11 Å².